The van der Waals surface area contributed by atoms with Crippen molar-refractivity contribution >= 4 is 49.8 Å². The van der Waals surface area contributed by atoms with Crippen LogP contribution in [0.25, 0.3) is 21.6 Å². The summed E-state index contributed by atoms with van der Waals surface area (Å²) in [6.45, 7) is 0. The highest BCUT2D eigenvalue weighted by Crippen LogP contribution is 2.36. The number of hydrogen-bond donors (Lipinski definition) is 0. The van der Waals surface area contributed by atoms with Gasteiger partial charge in [0.1, 0.15) is 21.3 Å². The molecule has 0 amide bonds. The predicted molar refractivity (Wildman–Crippen MR) is 82.1 cm³/mol. The number of ether oxygens (including phenoxy) is 1. The molecule has 102 valence electrons. The van der Waals surface area contributed by atoms with E-state index in [1.54, 1.807) is 19.2 Å². The molecule has 3 aromatic rings. The third kappa shape index (κ3) is 2.28. The molecular weight excluding hydrogens is 367 g/mol. The predicted octanol–water partition coefficient (Wildman–Crippen LogP) is 4.92. The van der Waals surface area contributed by atoms with Crippen molar-refractivity contribution in [3.8, 4) is 16.5 Å². The van der Waals surface area contributed by atoms with Gasteiger partial charge in [-0.05, 0) is 23.6 Å². The molecule has 0 saturated heterocycles. The normalized spacial score (nSPS) is 11.0. The number of rotatable bonds is 2. The smallest absolute Gasteiger partial charge is 0.175 e. The first kappa shape index (κ1) is 13.7. The highest BCUT2D eigenvalue weighted by atomic mass is 79.9. The van der Waals surface area contributed by atoms with Crippen molar-refractivity contribution < 1.29 is 9.13 Å². The number of methoxy groups -OCH3 is 1. The fraction of sp³-hybridized carbons (Fsp3) is 0.0769. The standard InChI is InChI=1S/C13H7BrClFN2OS/c1-19-9-2-3-20-11(9)13-17-10-7(12(15)18-13)4-6(14)5-8(10)16/h2-5H,1H3. The summed E-state index contributed by atoms with van der Waals surface area (Å²) in [7, 11) is 1.56. The van der Waals surface area contributed by atoms with Crippen molar-refractivity contribution in [1.29, 1.82) is 0 Å². The van der Waals surface area contributed by atoms with Crippen molar-refractivity contribution in [1.82, 2.24) is 9.97 Å². The second-order valence-electron chi connectivity index (χ2n) is 3.94. The number of fused-ring (bicyclic) bond motifs is 1. The lowest BCUT2D eigenvalue weighted by molar-refractivity contribution is 0.418. The molecule has 0 aliphatic carbocycles. The molecule has 0 saturated carbocycles. The quantitative estimate of drug-likeness (QED) is 0.598. The van der Waals surface area contributed by atoms with Crippen LogP contribution in [0.2, 0.25) is 5.15 Å². The molecule has 0 atom stereocenters. The molecule has 2 heterocycles. The molecule has 1 aromatic carbocycles. The fourth-order valence-electron chi connectivity index (χ4n) is 1.84. The van der Waals surface area contributed by atoms with Gasteiger partial charge in [0.15, 0.2) is 11.6 Å². The Hall–Kier alpha value is -1.24. The summed E-state index contributed by atoms with van der Waals surface area (Å²) >= 11 is 10.8. The van der Waals surface area contributed by atoms with Gasteiger partial charge in [0.2, 0.25) is 0 Å². The average molecular weight is 374 g/mol. The van der Waals surface area contributed by atoms with Crippen LogP contribution >= 0.6 is 38.9 Å². The van der Waals surface area contributed by atoms with Crippen molar-refractivity contribution in [2.24, 2.45) is 0 Å². The molecule has 0 bridgehead atoms. The second kappa shape index (κ2) is 5.27. The Morgan fingerprint density at radius 3 is 2.90 bits per heavy atom. The van der Waals surface area contributed by atoms with E-state index in [-0.39, 0.29) is 10.7 Å². The van der Waals surface area contributed by atoms with E-state index in [0.717, 1.165) is 4.88 Å². The topological polar surface area (TPSA) is 35.0 Å². The van der Waals surface area contributed by atoms with Crippen molar-refractivity contribution in [2.75, 3.05) is 7.11 Å². The van der Waals surface area contributed by atoms with Crippen molar-refractivity contribution in [3.05, 3.63) is 39.0 Å². The van der Waals surface area contributed by atoms with Crippen LogP contribution in [0.4, 0.5) is 4.39 Å². The minimum absolute atomic E-state index is 0.193. The Morgan fingerprint density at radius 2 is 2.15 bits per heavy atom. The van der Waals surface area contributed by atoms with Gasteiger partial charge in [-0.15, -0.1) is 11.3 Å². The van der Waals surface area contributed by atoms with Crippen LogP contribution in [-0.2, 0) is 0 Å². The number of halogens is 3. The monoisotopic (exact) mass is 372 g/mol. The number of hydrogen-bond acceptors (Lipinski definition) is 4. The van der Waals surface area contributed by atoms with E-state index in [9.17, 15) is 4.39 Å². The van der Waals surface area contributed by atoms with Crippen molar-refractivity contribution in [2.45, 2.75) is 0 Å². The lowest BCUT2D eigenvalue weighted by atomic mass is 10.2. The van der Waals surface area contributed by atoms with Crippen LogP contribution in [0.1, 0.15) is 0 Å². The Morgan fingerprint density at radius 1 is 1.35 bits per heavy atom. The number of thiophene rings is 1. The maximum Gasteiger partial charge on any atom is 0.175 e. The number of benzene rings is 1. The van der Waals surface area contributed by atoms with E-state index in [1.807, 2.05) is 5.38 Å². The second-order valence-corrected chi connectivity index (χ2v) is 6.13. The van der Waals surface area contributed by atoms with Gasteiger partial charge in [0.05, 0.1) is 7.11 Å². The SMILES string of the molecule is COc1ccsc1-c1nc(Cl)c2cc(Br)cc(F)c2n1. The summed E-state index contributed by atoms with van der Waals surface area (Å²) < 4.78 is 19.8. The van der Waals surface area contributed by atoms with Gasteiger partial charge < -0.3 is 4.74 Å². The molecule has 0 N–H and O–H groups in total. The van der Waals surface area contributed by atoms with E-state index in [0.29, 0.717) is 21.4 Å². The lowest BCUT2D eigenvalue weighted by Gasteiger charge is -2.06. The lowest BCUT2D eigenvalue weighted by Crippen LogP contribution is -1.94. The Bertz CT molecular complexity index is 808. The molecule has 0 fully saturated rings. The van der Waals surface area contributed by atoms with Crippen LogP contribution in [0.3, 0.4) is 0 Å². The van der Waals surface area contributed by atoms with Crippen LogP contribution in [0, 0.1) is 5.82 Å². The zero-order chi connectivity index (χ0) is 14.3. The molecule has 3 nitrogen and oxygen atoms in total. The summed E-state index contributed by atoms with van der Waals surface area (Å²) in [4.78, 5) is 9.22. The van der Waals surface area contributed by atoms with Crippen LogP contribution in [0.5, 0.6) is 5.75 Å². The summed E-state index contributed by atoms with van der Waals surface area (Å²) in [5.41, 5.74) is 0.193. The minimum atomic E-state index is -0.449. The summed E-state index contributed by atoms with van der Waals surface area (Å²) in [5, 5.41) is 2.53. The molecule has 7 heteroatoms. The van der Waals surface area contributed by atoms with Gasteiger partial charge in [0.25, 0.3) is 0 Å². The van der Waals surface area contributed by atoms with Gasteiger partial charge in [-0.25, -0.2) is 14.4 Å². The van der Waals surface area contributed by atoms with E-state index in [2.05, 4.69) is 25.9 Å². The first-order valence-electron chi connectivity index (χ1n) is 5.54. The largest absolute Gasteiger partial charge is 0.495 e. The Balaban J connectivity index is 2.30. The molecule has 20 heavy (non-hydrogen) atoms. The molecular formula is C13H7BrClFN2OS. The number of aromatic nitrogens is 2. The fourth-order valence-corrected chi connectivity index (χ4v) is 3.29. The van der Waals surface area contributed by atoms with Gasteiger partial charge in [-0.2, -0.15) is 0 Å². The zero-order valence-electron chi connectivity index (χ0n) is 10.2. The van der Waals surface area contributed by atoms with E-state index in [1.165, 1.54) is 17.4 Å². The van der Waals surface area contributed by atoms with Crippen molar-refractivity contribution in [3.63, 3.8) is 0 Å². The minimum Gasteiger partial charge on any atom is -0.495 e. The molecule has 3 rings (SSSR count). The molecule has 0 radical (unpaired) electrons. The Kier molecular flexibility index (Phi) is 3.62. The van der Waals surface area contributed by atoms with Gasteiger partial charge in [-0.3, -0.25) is 0 Å². The summed E-state index contributed by atoms with van der Waals surface area (Å²) in [6.07, 6.45) is 0. The molecule has 2 aromatic heterocycles. The van der Waals surface area contributed by atoms with Crippen LogP contribution in [-0.4, -0.2) is 17.1 Å². The Labute approximate surface area is 131 Å². The highest BCUT2D eigenvalue weighted by Gasteiger charge is 2.16. The summed E-state index contributed by atoms with van der Waals surface area (Å²) in [5.74, 6) is 0.550. The highest BCUT2D eigenvalue weighted by molar-refractivity contribution is 9.10. The number of nitrogens with zero attached hydrogens (tertiary/aromatic N) is 2. The third-order valence-electron chi connectivity index (χ3n) is 2.72. The van der Waals surface area contributed by atoms with Gasteiger partial charge in [0, 0.05) is 9.86 Å². The van der Waals surface area contributed by atoms with E-state index >= 15 is 0 Å². The van der Waals surface area contributed by atoms with Gasteiger partial charge >= 0.3 is 0 Å². The average Bonchev–Trinajstić information content (AvgIpc) is 2.88. The molecule has 0 unspecified atom stereocenters. The molecule has 0 aliphatic rings. The molecule has 0 spiro atoms. The zero-order valence-corrected chi connectivity index (χ0v) is 13.3. The van der Waals surface area contributed by atoms with Crippen LogP contribution in [0.15, 0.2) is 28.1 Å². The maximum atomic E-state index is 14.0. The van der Waals surface area contributed by atoms with Gasteiger partial charge in [-0.1, -0.05) is 27.5 Å². The van der Waals surface area contributed by atoms with E-state index < -0.39 is 5.82 Å². The third-order valence-corrected chi connectivity index (χ3v) is 4.36. The summed E-state index contributed by atoms with van der Waals surface area (Å²) in [6, 6.07) is 4.84. The first-order chi connectivity index (χ1) is 9.60. The van der Waals surface area contributed by atoms with E-state index in [4.69, 9.17) is 16.3 Å². The molecule has 0 aliphatic heterocycles. The van der Waals surface area contributed by atoms with Crippen LogP contribution < -0.4 is 4.74 Å². The first-order valence-corrected chi connectivity index (χ1v) is 7.59. The maximum absolute atomic E-state index is 14.0.